The molecular weight excluding hydrogens is 264 g/mol. The maximum Gasteiger partial charge on any atom is 0.132 e. The fraction of sp³-hybridized carbons (Fsp3) is 0.176. The van der Waals surface area contributed by atoms with Crippen molar-refractivity contribution in [1.29, 1.82) is 0 Å². The quantitative estimate of drug-likeness (QED) is 0.636. The highest BCUT2D eigenvalue weighted by Crippen LogP contribution is 2.17. The molecule has 4 nitrogen and oxygen atoms in total. The van der Waals surface area contributed by atoms with E-state index in [1.54, 1.807) is 18.3 Å². The second-order valence-electron chi connectivity index (χ2n) is 5.70. The number of hydrogen-bond donors (Lipinski definition) is 0. The smallest absolute Gasteiger partial charge is 0.132 e. The van der Waals surface area contributed by atoms with Gasteiger partial charge in [0.25, 0.3) is 0 Å². The lowest BCUT2D eigenvalue weighted by Gasteiger charge is -2.23. The topological polar surface area (TPSA) is 52.5 Å². The molecule has 21 heavy (non-hydrogen) atoms. The molecule has 0 heterocycles. The Kier molecular flexibility index (Phi) is 4.19. The molecule has 0 amide bonds. The van der Waals surface area contributed by atoms with Gasteiger partial charge in [-0.25, -0.2) is 0 Å². The Labute approximate surface area is 124 Å². The molecule has 0 spiro atoms. The maximum atomic E-state index is 10.7. The summed E-state index contributed by atoms with van der Waals surface area (Å²) in [5.74, 6) is -1.18. The number of carboxylic acids is 1. The van der Waals surface area contributed by atoms with Crippen LogP contribution in [0.3, 0.4) is 0 Å². The van der Waals surface area contributed by atoms with Gasteiger partial charge >= 0.3 is 0 Å². The van der Waals surface area contributed by atoms with Crippen LogP contribution < -0.4 is 9.59 Å². The molecule has 108 valence electrons. The SMILES string of the molecule is C[N+](C)(C)c1ccc(C=Nc2ccc(C(=O)[O-])cc2)cc1. The van der Waals surface area contributed by atoms with Gasteiger partial charge in [-0.2, -0.15) is 0 Å². The molecule has 0 bridgehead atoms. The van der Waals surface area contributed by atoms with Crippen molar-refractivity contribution in [3.8, 4) is 0 Å². The van der Waals surface area contributed by atoms with E-state index in [1.807, 2.05) is 12.1 Å². The molecule has 0 radical (unpaired) electrons. The van der Waals surface area contributed by atoms with Gasteiger partial charge in [-0.1, -0.05) is 12.1 Å². The first-order valence-corrected chi connectivity index (χ1v) is 6.64. The monoisotopic (exact) mass is 282 g/mol. The summed E-state index contributed by atoms with van der Waals surface area (Å²) in [6.07, 6.45) is 1.76. The van der Waals surface area contributed by atoms with Crippen LogP contribution >= 0.6 is 0 Å². The van der Waals surface area contributed by atoms with Gasteiger partial charge in [0.15, 0.2) is 0 Å². The van der Waals surface area contributed by atoms with Crippen molar-refractivity contribution >= 4 is 23.6 Å². The molecule has 0 aliphatic heterocycles. The molecule has 0 aromatic heterocycles. The summed E-state index contributed by atoms with van der Waals surface area (Å²) in [4.78, 5) is 15.0. The van der Waals surface area contributed by atoms with Crippen molar-refractivity contribution in [2.75, 3.05) is 21.1 Å². The second kappa shape index (κ2) is 5.89. The number of hydrogen-bond acceptors (Lipinski definition) is 3. The minimum absolute atomic E-state index is 0.154. The van der Waals surface area contributed by atoms with Gasteiger partial charge in [0, 0.05) is 6.21 Å². The summed E-state index contributed by atoms with van der Waals surface area (Å²) in [6.45, 7) is 0. The minimum atomic E-state index is -1.18. The average molecular weight is 282 g/mol. The first kappa shape index (κ1) is 14.9. The molecule has 2 aromatic carbocycles. The van der Waals surface area contributed by atoms with Crippen LogP contribution in [0.2, 0.25) is 0 Å². The van der Waals surface area contributed by atoms with Gasteiger partial charge in [0.05, 0.1) is 32.8 Å². The number of benzene rings is 2. The Hall–Kier alpha value is -2.46. The molecule has 0 aliphatic rings. The Morgan fingerprint density at radius 2 is 1.57 bits per heavy atom. The fourth-order valence-corrected chi connectivity index (χ4v) is 1.84. The third kappa shape index (κ3) is 4.00. The Morgan fingerprint density at radius 3 is 2.05 bits per heavy atom. The predicted octanol–water partition coefficient (Wildman–Crippen LogP) is 2.00. The summed E-state index contributed by atoms with van der Waals surface area (Å²) in [7, 11) is 6.34. The van der Waals surface area contributed by atoms with Gasteiger partial charge in [0.1, 0.15) is 5.69 Å². The number of carbonyl (C=O) groups is 1. The Morgan fingerprint density at radius 1 is 1.00 bits per heavy atom. The van der Waals surface area contributed by atoms with Crippen molar-refractivity contribution < 1.29 is 9.90 Å². The van der Waals surface area contributed by atoms with E-state index >= 15 is 0 Å². The summed E-state index contributed by atoms with van der Waals surface area (Å²) in [6, 6.07) is 14.4. The summed E-state index contributed by atoms with van der Waals surface area (Å²) in [5, 5.41) is 10.7. The lowest BCUT2D eigenvalue weighted by atomic mass is 10.2. The first-order valence-electron chi connectivity index (χ1n) is 6.64. The fourth-order valence-electron chi connectivity index (χ4n) is 1.84. The van der Waals surface area contributed by atoms with Crippen LogP contribution in [0.4, 0.5) is 11.4 Å². The molecule has 0 fully saturated rings. The molecular formula is C17H18N2O2. The molecule has 0 N–H and O–H groups in total. The Balaban J connectivity index is 2.12. The highest BCUT2D eigenvalue weighted by atomic mass is 16.4. The van der Waals surface area contributed by atoms with E-state index < -0.39 is 5.97 Å². The molecule has 2 aromatic rings. The minimum Gasteiger partial charge on any atom is -0.545 e. The van der Waals surface area contributed by atoms with E-state index in [9.17, 15) is 9.90 Å². The number of carboxylic acid groups (broad SMARTS) is 1. The molecule has 0 unspecified atom stereocenters. The van der Waals surface area contributed by atoms with Crippen LogP contribution in [0, 0.1) is 0 Å². The number of aliphatic imine (C=N–C) groups is 1. The zero-order valence-electron chi connectivity index (χ0n) is 12.4. The molecule has 0 saturated carbocycles. The van der Waals surface area contributed by atoms with E-state index in [4.69, 9.17) is 0 Å². The number of rotatable bonds is 4. The normalized spacial score (nSPS) is 11.8. The van der Waals surface area contributed by atoms with E-state index in [0.717, 1.165) is 10.0 Å². The molecule has 0 aliphatic carbocycles. The van der Waals surface area contributed by atoms with E-state index in [1.165, 1.54) is 17.8 Å². The lowest BCUT2D eigenvalue weighted by molar-refractivity contribution is -0.255. The van der Waals surface area contributed by atoms with Crippen molar-refractivity contribution in [3.63, 3.8) is 0 Å². The Bertz CT molecular complexity index is 651. The molecule has 2 rings (SSSR count). The van der Waals surface area contributed by atoms with Gasteiger partial charge in [-0.3, -0.25) is 9.48 Å². The van der Waals surface area contributed by atoms with Gasteiger partial charge in [-0.05, 0) is 47.5 Å². The summed E-state index contributed by atoms with van der Waals surface area (Å²) >= 11 is 0. The second-order valence-corrected chi connectivity index (χ2v) is 5.70. The average Bonchev–Trinajstić information content (AvgIpc) is 2.45. The number of carbonyl (C=O) groups excluding carboxylic acids is 1. The highest BCUT2D eigenvalue weighted by Gasteiger charge is 2.10. The van der Waals surface area contributed by atoms with Crippen molar-refractivity contribution in [1.82, 2.24) is 4.48 Å². The zero-order chi connectivity index (χ0) is 15.5. The maximum absolute atomic E-state index is 10.7. The van der Waals surface area contributed by atoms with E-state index in [0.29, 0.717) is 5.69 Å². The highest BCUT2D eigenvalue weighted by molar-refractivity contribution is 5.86. The van der Waals surface area contributed by atoms with Crippen LogP contribution in [0.5, 0.6) is 0 Å². The number of quaternary nitrogens is 1. The van der Waals surface area contributed by atoms with Gasteiger partial charge in [0.2, 0.25) is 0 Å². The van der Waals surface area contributed by atoms with E-state index in [2.05, 4.69) is 38.3 Å². The third-order valence-corrected chi connectivity index (χ3v) is 3.13. The zero-order valence-corrected chi connectivity index (χ0v) is 12.4. The van der Waals surface area contributed by atoms with Crippen molar-refractivity contribution in [2.45, 2.75) is 0 Å². The molecule has 4 heteroatoms. The van der Waals surface area contributed by atoms with Crippen LogP contribution in [0.15, 0.2) is 53.5 Å². The van der Waals surface area contributed by atoms with Gasteiger partial charge < -0.3 is 9.90 Å². The summed E-state index contributed by atoms with van der Waals surface area (Å²) < 4.78 is 0.766. The largest absolute Gasteiger partial charge is 0.545 e. The van der Waals surface area contributed by atoms with Crippen molar-refractivity contribution in [2.24, 2.45) is 4.99 Å². The van der Waals surface area contributed by atoms with Crippen LogP contribution in [-0.2, 0) is 0 Å². The number of nitrogens with zero attached hydrogens (tertiary/aromatic N) is 2. The number of aromatic carboxylic acids is 1. The van der Waals surface area contributed by atoms with E-state index in [-0.39, 0.29) is 5.56 Å². The third-order valence-electron chi connectivity index (χ3n) is 3.13. The standard InChI is InChI=1S/C17H18N2O2/c1-19(2,3)16-10-4-13(5-11-16)12-18-15-8-6-14(7-9-15)17(20)21/h4-12H,1-3H3. The van der Waals surface area contributed by atoms with Gasteiger partial charge in [-0.15, -0.1) is 0 Å². The van der Waals surface area contributed by atoms with Crippen LogP contribution in [0.1, 0.15) is 15.9 Å². The first-order chi connectivity index (χ1) is 9.86. The molecule has 0 atom stereocenters. The van der Waals surface area contributed by atoms with Crippen LogP contribution in [-0.4, -0.2) is 33.3 Å². The van der Waals surface area contributed by atoms with Crippen molar-refractivity contribution in [3.05, 3.63) is 59.7 Å². The van der Waals surface area contributed by atoms with Crippen LogP contribution in [0.25, 0.3) is 0 Å². The predicted molar refractivity (Wildman–Crippen MR) is 84.0 cm³/mol. The summed E-state index contributed by atoms with van der Waals surface area (Å²) in [5.41, 5.74) is 3.07. The lowest BCUT2D eigenvalue weighted by Crippen LogP contribution is -2.34. The molecule has 0 saturated heterocycles.